The lowest BCUT2D eigenvalue weighted by atomic mass is 10.1. The van der Waals surface area contributed by atoms with Crippen LogP contribution in [0.25, 0.3) is 17.4 Å². The van der Waals surface area contributed by atoms with Gasteiger partial charge in [0.15, 0.2) is 0 Å². The Morgan fingerprint density at radius 1 is 1.13 bits per heavy atom. The van der Waals surface area contributed by atoms with Crippen molar-refractivity contribution in [1.82, 2.24) is 5.32 Å². The molecule has 0 radical (unpaired) electrons. The van der Waals surface area contributed by atoms with Gasteiger partial charge in [0.05, 0.1) is 10.1 Å². The van der Waals surface area contributed by atoms with Crippen molar-refractivity contribution in [1.29, 1.82) is 5.26 Å². The van der Waals surface area contributed by atoms with Crippen LogP contribution in [0.4, 0.5) is 5.69 Å². The lowest BCUT2D eigenvalue weighted by molar-refractivity contribution is -0.117. The number of carbonyl (C=O) groups is 1. The second kappa shape index (κ2) is 8.94. The molecule has 1 aliphatic rings. The van der Waals surface area contributed by atoms with E-state index >= 15 is 0 Å². The normalized spacial score (nSPS) is 16.5. The Balaban J connectivity index is 1.66. The van der Waals surface area contributed by atoms with E-state index in [0.717, 1.165) is 5.69 Å². The molecule has 0 bridgehead atoms. The van der Waals surface area contributed by atoms with Gasteiger partial charge >= 0.3 is 0 Å². The van der Waals surface area contributed by atoms with Crippen LogP contribution in [-0.2, 0) is 4.79 Å². The minimum Gasteiger partial charge on any atom is -0.457 e. The monoisotopic (exact) mass is 467 g/mol. The molecule has 1 aromatic heterocycles. The van der Waals surface area contributed by atoms with Crippen LogP contribution in [-0.4, -0.2) is 12.1 Å². The predicted octanol–water partition coefficient (Wildman–Crippen LogP) is 5.89. The Kier molecular flexibility index (Phi) is 6.10. The Bertz CT molecular complexity index is 1250. The number of rotatable bonds is 4. The molecule has 0 spiro atoms. The highest BCUT2D eigenvalue weighted by atomic mass is 35.5. The summed E-state index contributed by atoms with van der Waals surface area (Å²) in [4.78, 5) is 14.1. The molecule has 0 saturated heterocycles. The third-order valence-corrected chi connectivity index (χ3v) is 5.65. The summed E-state index contributed by atoms with van der Waals surface area (Å²) in [5, 5.41) is 13.5. The van der Waals surface area contributed by atoms with Crippen LogP contribution in [0.3, 0.4) is 0 Å². The molecule has 1 amide bonds. The van der Waals surface area contributed by atoms with Gasteiger partial charge in [-0.1, -0.05) is 41.4 Å². The Morgan fingerprint density at radius 2 is 1.90 bits per heavy atom. The molecule has 3 aromatic rings. The first kappa shape index (κ1) is 21.1. The number of para-hydroxylation sites is 1. The quantitative estimate of drug-likeness (QED) is 0.469. The lowest BCUT2D eigenvalue weighted by Crippen LogP contribution is -2.51. The van der Waals surface area contributed by atoms with E-state index in [4.69, 9.17) is 27.6 Å². The topological polar surface area (TPSA) is 69.3 Å². The average molecular weight is 468 g/mol. The van der Waals surface area contributed by atoms with Crippen LogP contribution < -0.4 is 10.2 Å². The molecule has 154 valence electrons. The zero-order valence-corrected chi connectivity index (χ0v) is 18.3. The minimum absolute atomic E-state index is 0.0484. The van der Waals surface area contributed by atoms with Gasteiger partial charge in [0.25, 0.3) is 5.91 Å². The van der Waals surface area contributed by atoms with Gasteiger partial charge in [-0.2, -0.15) is 5.26 Å². The van der Waals surface area contributed by atoms with Crippen LogP contribution >= 0.6 is 35.8 Å². The number of hydrogen-bond donors (Lipinski definition) is 2. The second-order valence-corrected chi connectivity index (χ2v) is 7.89. The number of thiol groups is 1. The highest BCUT2D eigenvalue weighted by Gasteiger charge is 2.31. The standard InChI is InChI=1S/C23H15Cl2N3O2S/c24-14-6-9-19(25)17(12-14)20-10-7-16(30-20)8-11-21-27-22(29)18(13-26)23(31)28(21)15-4-2-1-3-5-15/h1-12,21,31H,(H,27,29)/b11-8+. The van der Waals surface area contributed by atoms with Gasteiger partial charge in [-0.15, -0.1) is 12.6 Å². The number of halogens is 2. The van der Waals surface area contributed by atoms with Crippen molar-refractivity contribution < 1.29 is 9.21 Å². The van der Waals surface area contributed by atoms with Crippen LogP contribution in [0.2, 0.25) is 10.0 Å². The molecule has 8 heteroatoms. The molecule has 4 rings (SSSR count). The van der Waals surface area contributed by atoms with E-state index in [1.807, 2.05) is 36.4 Å². The largest absolute Gasteiger partial charge is 0.457 e. The number of amides is 1. The highest BCUT2D eigenvalue weighted by Crippen LogP contribution is 2.33. The Hall–Kier alpha value is -3.11. The van der Waals surface area contributed by atoms with Gasteiger partial charge in [0.2, 0.25) is 0 Å². The average Bonchev–Trinajstić information content (AvgIpc) is 3.23. The fourth-order valence-electron chi connectivity index (χ4n) is 3.19. The van der Waals surface area contributed by atoms with E-state index in [-0.39, 0.29) is 10.6 Å². The first-order valence-electron chi connectivity index (χ1n) is 9.20. The third-order valence-electron chi connectivity index (χ3n) is 4.65. The summed E-state index contributed by atoms with van der Waals surface area (Å²) in [6.45, 7) is 0. The number of nitrogens with one attached hydrogen (secondary N) is 1. The smallest absolute Gasteiger partial charge is 0.266 e. The maximum Gasteiger partial charge on any atom is 0.266 e. The van der Waals surface area contributed by atoms with Gasteiger partial charge < -0.3 is 14.6 Å². The van der Waals surface area contributed by atoms with Crippen molar-refractivity contribution in [2.45, 2.75) is 6.17 Å². The van der Waals surface area contributed by atoms with E-state index in [2.05, 4.69) is 17.9 Å². The molecule has 31 heavy (non-hydrogen) atoms. The van der Waals surface area contributed by atoms with Crippen LogP contribution in [0.15, 0.2) is 81.8 Å². The van der Waals surface area contributed by atoms with Gasteiger partial charge in [0, 0.05) is 16.3 Å². The molecule has 5 nitrogen and oxygen atoms in total. The molecule has 2 heterocycles. The summed E-state index contributed by atoms with van der Waals surface area (Å²) < 4.78 is 5.89. The first-order chi connectivity index (χ1) is 15.0. The number of carbonyl (C=O) groups excluding carboxylic acids is 1. The summed E-state index contributed by atoms with van der Waals surface area (Å²) >= 11 is 16.8. The Morgan fingerprint density at radius 3 is 2.65 bits per heavy atom. The van der Waals surface area contributed by atoms with E-state index in [0.29, 0.717) is 27.1 Å². The number of nitrogens with zero attached hydrogens (tertiary/aromatic N) is 2. The molecule has 0 fully saturated rings. The Labute approximate surface area is 194 Å². The molecule has 0 saturated carbocycles. The van der Waals surface area contributed by atoms with E-state index in [1.165, 1.54) is 0 Å². The maximum absolute atomic E-state index is 12.3. The number of hydrogen-bond acceptors (Lipinski definition) is 5. The predicted molar refractivity (Wildman–Crippen MR) is 126 cm³/mol. The fourth-order valence-corrected chi connectivity index (χ4v) is 3.96. The SMILES string of the molecule is N#CC1=C(S)N(c2ccccc2)C(/C=C/c2ccc(-c3cc(Cl)ccc3Cl)o2)NC1=O. The third kappa shape index (κ3) is 4.35. The van der Waals surface area contributed by atoms with Crippen molar-refractivity contribution in [3.05, 3.63) is 93.1 Å². The summed E-state index contributed by atoms with van der Waals surface area (Å²) in [7, 11) is 0. The van der Waals surface area contributed by atoms with Crippen molar-refractivity contribution in [2.24, 2.45) is 0 Å². The van der Waals surface area contributed by atoms with Crippen LogP contribution in [0.1, 0.15) is 5.76 Å². The molecule has 2 aromatic carbocycles. The number of furan rings is 1. The molecular formula is C23H15Cl2N3O2S. The van der Waals surface area contributed by atoms with Gasteiger partial charge in [-0.25, -0.2) is 0 Å². The fraction of sp³-hybridized carbons (Fsp3) is 0.0435. The molecule has 1 unspecified atom stereocenters. The maximum atomic E-state index is 12.3. The molecule has 1 N–H and O–H groups in total. The number of anilines is 1. The van der Waals surface area contributed by atoms with Crippen molar-refractivity contribution in [3.8, 4) is 17.4 Å². The van der Waals surface area contributed by atoms with E-state index in [1.54, 1.807) is 47.4 Å². The zero-order valence-electron chi connectivity index (χ0n) is 15.9. The lowest BCUT2D eigenvalue weighted by Gasteiger charge is -2.36. The summed E-state index contributed by atoms with van der Waals surface area (Å²) in [5.41, 5.74) is 1.42. The molecule has 1 atom stereocenters. The minimum atomic E-state index is -0.567. The van der Waals surface area contributed by atoms with Gasteiger partial charge in [-0.3, -0.25) is 4.79 Å². The second-order valence-electron chi connectivity index (χ2n) is 6.62. The first-order valence-corrected chi connectivity index (χ1v) is 10.4. The zero-order chi connectivity index (χ0) is 22.0. The van der Waals surface area contributed by atoms with Gasteiger partial charge in [0.1, 0.15) is 29.3 Å². The van der Waals surface area contributed by atoms with Crippen molar-refractivity contribution >= 4 is 53.5 Å². The number of benzene rings is 2. The van der Waals surface area contributed by atoms with E-state index in [9.17, 15) is 10.1 Å². The van der Waals surface area contributed by atoms with Crippen molar-refractivity contribution in [3.63, 3.8) is 0 Å². The molecule has 0 aliphatic carbocycles. The highest BCUT2D eigenvalue weighted by molar-refractivity contribution is 7.84. The number of nitriles is 1. The molecular weight excluding hydrogens is 453 g/mol. The van der Waals surface area contributed by atoms with Crippen molar-refractivity contribution in [2.75, 3.05) is 4.90 Å². The van der Waals surface area contributed by atoms with Crippen LogP contribution in [0, 0.1) is 11.3 Å². The van der Waals surface area contributed by atoms with Gasteiger partial charge in [-0.05, 0) is 54.6 Å². The summed E-state index contributed by atoms with van der Waals surface area (Å²) in [5.74, 6) is 0.644. The van der Waals surface area contributed by atoms with Crippen LogP contribution in [0.5, 0.6) is 0 Å². The summed E-state index contributed by atoms with van der Waals surface area (Å²) in [6.07, 6.45) is 2.93. The summed E-state index contributed by atoms with van der Waals surface area (Å²) in [6, 6.07) is 20.0. The molecule has 1 aliphatic heterocycles. The van der Waals surface area contributed by atoms with E-state index < -0.39 is 12.1 Å².